The van der Waals surface area contributed by atoms with Gasteiger partial charge in [0.25, 0.3) is 0 Å². The second kappa shape index (κ2) is 12.6. The topological polar surface area (TPSA) is 21.1 Å². The molecule has 2 aliphatic carbocycles. The fourth-order valence-corrected chi connectivity index (χ4v) is 9.53. The summed E-state index contributed by atoms with van der Waals surface area (Å²) in [7, 11) is 0. The zero-order chi connectivity index (χ0) is 35.5. The zero-order valence-electron chi connectivity index (χ0n) is 30.4. The van der Waals surface area contributed by atoms with E-state index in [-0.39, 0.29) is 5.41 Å². The molecule has 2 heterocycles. The number of anilines is 2. The van der Waals surface area contributed by atoms with E-state index in [4.69, 9.17) is 0 Å². The minimum Gasteiger partial charge on any atom is -0.338 e. The molecule has 0 bridgehead atoms. The van der Waals surface area contributed by atoms with Gasteiger partial charge in [0, 0.05) is 51.7 Å². The molecular weight excluding hydrogens is 643 g/mol. The molecular formula is C50H43N3. The molecule has 53 heavy (non-hydrogen) atoms. The Kier molecular flexibility index (Phi) is 7.57. The van der Waals surface area contributed by atoms with Crippen molar-refractivity contribution in [1.82, 2.24) is 9.55 Å². The van der Waals surface area contributed by atoms with Crippen LogP contribution in [-0.4, -0.2) is 15.6 Å². The molecule has 0 N–H and O–H groups in total. The molecule has 0 radical (unpaired) electrons. The van der Waals surface area contributed by atoms with Crippen molar-refractivity contribution < 1.29 is 0 Å². The summed E-state index contributed by atoms with van der Waals surface area (Å²) < 4.78 is 2.42. The highest BCUT2D eigenvalue weighted by Crippen LogP contribution is 2.51. The molecule has 1 fully saturated rings. The van der Waals surface area contributed by atoms with Gasteiger partial charge in [0.2, 0.25) is 0 Å². The third-order valence-electron chi connectivity index (χ3n) is 12.2. The third kappa shape index (κ3) is 5.29. The molecule has 3 nitrogen and oxygen atoms in total. The van der Waals surface area contributed by atoms with Crippen molar-refractivity contribution in [3.05, 3.63) is 181 Å². The first-order valence-corrected chi connectivity index (χ1v) is 19.2. The molecule has 1 saturated carbocycles. The second-order valence-electron chi connectivity index (χ2n) is 15.5. The predicted octanol–water partition coefficient (Wildman–Crippen LogP) is 13.0. The van der Waals surface area contributed by atoms with E-state index < -0.39 is 0 Å². The van der Waals surface area contributed by atoms with E-state index in [2.05, 4.69) is 174 Å². The van der Waals surface area contributed by atoms with Gasteiger partial charge in [-0.05, 0) is 131 Å². The molecule has 6 aromatic carbocycles. The highest BCUT2D eigenvalue weighted by molar-refractivity contribution is 6.09. The van der Waals surface area contributed by atoms with Crippen LogP contribution in [0.3, 0.4) is 0 Å². The van der Waals surface area contributed by atoms with E-state index in [1.165, 1.54) is 85.1 Å². The molecule has 3 heteroatoms. The number of hydrogen-bond donors (Lipinski definition) is 0. The monoisotopic (exact) mass is 685 g/mol. The summed E-state index contributed by atoms with van der Waals surface area (Å²) in [6.45, 7) is 4.77. The van der Waals surface area contributed by atoms with E-state index in [0.717, 1.165) is 18.4 Å². The number of fused-ring (bicyclic) bond motifs is 6. The Balaban J connectivity index is 0.989. The standard InChI is InChI=1S/C50H43N3/c1-50(2)46-16-8-6-14-42(46)43-28-27-41(32-47(43)50)52(40-25-20-35(21-26-40)37-11-10-30-51-33-37)39-23-18-34(19-24-39)36-22-29-49-45(31-36)44-15-7-9-17-48(44)53(49)38-12-4-3-5-13-38/h3-17,20-22,25-34,39H,18-19,23-24H2,1-2H3. The van der Waals surface area contributed by atoms with Crippen molar-refractivity contribution in [2.24, 2.45) is 0 Å². The van der Waals surface area contributed by atoms with Gasteiger partial charge in [-0.25, -0.2) is 0 Å². The Morgan fingerprint density at radius 3 is 2.09 bits per heavy atom. The van der Waals surface area contributed by atoms with Gasteiger partial charge in [-0.1, -0.05) is 105 Å². The quantitative estimate of drug-likeness (QED) is 0.174. The molecule has 0 amide bonds. The summed E-state index contributed by atoms with van der Waals surface area (Å²) in [6, 6.07) is 56.8. The van der Waals surface area contributed by atoms with Crippen LogP contribution in [-0.2, 0) is 5.41 Å². The van der Waals surface area contributed by atoms with Gasteiger partial charge in [0.05, 0.1) is 11.0 Å². The molecule has 10 rings (SSSR count). The number of rotatable bonds is 6. The average molecular weight is 686 g/mol. The maximum absolute atomic E-state index is 4.37. The van der Waals surface area contributed by atoms with E-state index >= 15 is 0 Å². The van der Waals surface area contributed by atoms with Gasteiger partial charge in [0.1, 0.15) is 0 Å². The largest absolute Gasteiger partial charge is 0.338 e. The van der Waals surface area contributed by atoms with E-state index in [1.807, 2.05) is 18.5 Å². The lowest BCUT2D eigenvalue weighted by Gasteiger charge is -2.39. The molecule has 258 valence electrons. The third-order valence-corrected chi connectivity index (χ3v) is 12.2. The fraction of sp³-hybridized carbons (Fsp3) is 0.180. The van der Waals surface area contributed by atoms with Gasteiger partial charge < -0.3 is 9.47 Å². The van der Waals surface area contributed by atoms with E-state index in [1.54, 1.807) is 0 Å². The fourth-order valence-electron chi connectivity index (χ4n) is 9.53. The van der Waals surface area contributed by atoms with Crippen molar-refractivity contribution >= 4 is 33.2 Å². The van der Waals surface area contributed by atoms with Crippen molar-refractivity contribution in [3.63, 3.8) is 0 Å². The van der Waals surface area contributed by atoms with Crippen LogP contribution in [0.1, 0.15) is 62.1 Å². The zero-order valence-corrected chi connectivity index (χ0v) is 30.4. The molecule has 2 aromatic heterocycles. The van der Waals surface area contributed by atoms with Crippen LogP contribution in [0.15, 0.2) is 164 Å². The van der Waals surface area contributed by atoms with Crippen molar-refractivity contribution in [1.29, 1.82) is 0 Å². The summed E-state index contributed by atoms with van der Waals surface area (Å²) in [4.78, 5) is 7.02. The van der Waals surface area contributed by atoms with Crippen LogP contribution in [0.25, 0.3) is 49.7 Å². The SMILES string of the molecule is CC1(C)c2ccccc2-c2ccc(N(c3ccc(-c4cccnc4)cc3)C3CCC(c4ccc5c(c4)c4ccccc4n5-c4ccccc4)CC3)cc21. The lowest BCUT2D eigenvalue weighted by atomic mass is 9.80. The Hall–Kier alpha value is -5.93. The maximum Gasteiger partial charge on any atom is 0.0541 e. The van der Waals surface area contributed by atoms with Crippen LogP contribution in [0.4, 0.5) is 11.4 Å². The van der Waals surface area contributed by atoms with Crippen LogP contribution >= 0.6 is 0 Å². The number of aromatic nitrogens is 2. The molecule has 8 aromatic rings. The maximum atomic E-state index is 4.37. The summed E-state index contributed by atoms with van der Waals surface area (Å²) >= 11 is 0. The number of pyridine rings is 1. The first-order valence-electron chi connectivity index (χ1n) is 19.2. The Morgan fingerprint density at radius 2 is 1.28 bits per heavy atom. The van der Waals surface area contributed by atoms with Crippen molar-refractivity contribution in [2.45, 2.75) is 56.9 Å². The number of benzene rings is 6. The summed E-state index contributed by atoms with van der Waals surface area (Å²) in [5.74, 6) is 0.540. The average Bonchev–Trinajstić information content (AvgIpc) is 3.67. The molecule has 0 unspecified atom stereocenters. The van der Waals surface area contributed by atoms with Crippen molar-refractivity contribution in [3.8, 4) is 27.9 Å². The van der Waals surface area contributed by atoms with Gasteiger partial charge in [-0.2, -0.15) is 0 Å². The summed E-state index contributed by atoms with van der Waals surface area (Å²) in [6.07, 6.45) is 8.40. The lowest BCUT2D eigenvalue weighted by Crippen LogP contribution is -2.34. The molecule has 2 aliphatic rings. The highest BCUT2D eigenvalue weighted by Gasteiger charge is 2.36. The first-order chi connectivity index (χ1) is 26.0. The van der Waals surface area contributed by atoms with Crippen molar-refractivity contribution in [2.75, 3.05) is 4.90 Å². The predicted molar refractivity (Wildman–Crippen MR) is 222 cm³/mol. The van der Waals surface area contributed by atoms with Gasteiger partial charge in [-0.15, -0.1) is 0 Å². The van der Waals surface area contributed by atoms with Crippen LogP contribution in [0, 0.1) is 0 Å². The molecule has 0 atom stereocenters. The molecule has 0 spiro atoms. The highest BCUT2D eigenvalue weighted by atomic mass is 15.2. The molecule has 0 saturated heterocycles. The minimum atomic E-state index is -0.0439. The number of hydrogen-bond acceptors (Lipinski definition) is 2. The van der Waals surface area contributed by atoms with Gasteiger partial charge in [-0.3, -0.25) is 4.98 Å². The Bertz CT molecular complexity index is 2590. The normalized spacial score (nSPS) is 17.5. The Morgan fingerprint density at radius 1 is 0.566 bits per heavy atom. The first kappa shape index (κ1) is 31.8. The van der Waals surface area contributed by atoms with Gasteiger partial charge >= 0.3 is 0 Å². The van der Waals surface area contributed by atoms with Crippen LogP contribution in [0.2, 0.25) is 0 Å². The molecule has 0 aliphatic heterocycles. The minimum absolute atomic E-state index is 0.0439. The van der Waals surface area contributed by atoms with Crippen LogP contribution in [0.5, 0.6) is 0 Å². The number of nitrogens with zero attached hydrogens (tertiary/aromatic N) is 3. The summed E-state index contributed by atoms with van der Waals surface area (Å²) in [5, 5.41) is 2.67. The van der Waals surface area contributed by atoms with Crippen LogP contribution < -0.4 is 4.90 Å². The smallest absolute Gasteiger partial charge is 0.0541 e. The second-order valence-corrected chi connectivity index (χ2v) is 15.5. The lowest BCUT2D eigenvalue weighted by molar-refractivity contribution is 0.392. The van der Waals surface area contributed by atoms with Gasteiger partial charge in [0.15, 0.2) is 0 Å². The number of para-hydroxylation sites is 2. The summed E-state index contributed by atoms with van der Waals surface area (Å²) in [5.41, 5.74) is 15.6. The Labute approximate surface area is 312 Å². The van der Waals surface area contributed by atoms with E-state index in [0.29, 0.717) is 12.0 Å². The van der Waals surface area contributed by atoms with E-state index in [9.17, 15) is 0 Å².